The summed E-state index contributed by atoms with van der Waals surface area (Å²) in [6, 6.07) is 13.4. The number of nitrogens with zero attached hydrogens (tertiary/aromatic N) is 2. The van der Waals surface area contributed by atoms with Crippen LogP contribution in [0.3, 0.4) is 0 Å². The zero-order valence-corrected chi connectivity index (χ0v) is 20.4. The van der Waals surface area contributed by atoms with E-state index in [4.69, 9.17) is 18.9 Å². The molecule has 33 heavy (non-hydrogen) atoms. The standard InChI is InChI=1S/C26H36N2O5/c1-6-19(2)28(26(29)24-9-7-8-10-25(24)32-5)18-23-17-27(11-12-33-23)16-20-13-21(30-3)15-22(14-20)31-4/h7-10,13-15,19,23H,6,11-12,16-18H2,1-5H3. The van der Waals surface area contributed by atoms with Crippen molar-refractivity contribution in [1.29, 1.82) is 0 Å². The maximum atomic E-state index is 13.5. The van der Waals surface area contributed by atoms with Gasteiger partial charge >= 0.3 is 0 Å². The summed E-state index contributed by atoms with van der Waals surface area (Å²) >= 11 is 0. The van der Waals surface area contributed by atoms with Crippen LogP contribution in [-0.4, -0.2) is 75.4 Å². The van der Waals surface area contributed by atoms with Gasteiger partial charge in [0.25, 0.3) is 5.91 Å². The van der Waals surface area contributed by atoms with Gasteiger partial charge in [-0.1, -0.05) is 19.1 Å². The van der Waals surface area contributed by atoms with Crippen molar-refractivity contribution in [3.05, 3.63) is 53.6 Å². The van der Waals surface area contributed by atoms with Crippen molar-refractivity contribution in [2.24, 2.45) is 0 Å². The number of carbonyl (C=O) groups excluding carboxylic acids is 1. The highest BCUT2D eigenvalue weighted by atomic mass is 16.5. The van der Waals surface area contributed by atoms with Crippen LogP contribution in [0.1, 0.15) is 36.2 Å². The van der Waals surface area contributed by atoms with Gasteiger partial charge in [0.05, 0.1) is 39.6 Å². The summed E-state index contributed by atoms with van der Waals surface area (Å²) in [5.41, 5.74) is 1.70. The van der Waals surface area contributed by atoms with Crippen LogP contribution < -0.4 is 14.2 Å². The number of benzene rings is 2. The highest BCUT2D eigenvalue weighted by Crippen LogP contribution is 2.25. The zero-order valence-electron chi connectivity index (χ0n) is 20.4. The molecule has 1 fully saturated rings. The maximum Gasteiger partial charge on any atom is 0.257 e. The Morgan fingerprint density at radius 2 is 1.82 bits per heavy atom. The molecule has 180 valence electrons. The fourth-order valence-electron chi connectivity index (χ4n) is 4.13. The number of hydrogen-bond acceptors (Lipinski definition) is 6. The van der Waals surface area contributed by atoms with Crippen molar-refractivity contribution in [3.8, 4) is 17.2 Å². The van der Waals surface area contributed by atoms with E-state index in [1.807, 2.05) is 47.4 Å². The number of amides is 1. The SMILES string of the molecule is CCC(C)N(CC1CN(Cc2cc(OC)cc(OC)c2)CCO1)C(=O)c1ccccc1OC. The molecule has 0 radical (unpaired) electrons. The molecule has 2 atom stereocenters. The first-order valence-electron chi connectivity index (χ1n) is 11.5. The number of para-hydroxylation sites is 1. The van der Waals surface area contributed by atoms with Crippen LogP contribution in [0.2, 0.25) is 0 Å². The Morgan fingerprint density at radius 3 is 2.45 bits per heavy atom. The van der Waals surface area contributed by atoms with Gasteiger partial charge < -0.3 is 23.8 Å². The average molecular weight is 457 g/mol. The first kappa shape index (κ1) is 24.9. The molecule has 0 spiro atoms. The van der Waals surface area contributed by atoms with Gasteiger partial charge in [0, 0.05) is 38.3 Å². The number of hydrogen-bond donors (Lipinski definition) is 0. The van der Waals surface area contributed by atoms with Gasteiger partial charge in [-0.3, -0.25) is 9.69 Å². The highest BCUT2D eigenvalue weighted by Gasteiger charge is 2.29. The van der Waals surface area contributed by atoms with Crippen LogP contribution in [0.5, 0.6) is 17.2 Å². The third-order valence-electron chi connectivity index (χ3n) is 6.16. The minimum absolute atomic E-state index is 0.0277. The van der Waals surface area contributed by atoms with Gasteiger partial charge in [-0.25, -0.2) is 0 Å². The van der Waals surface area contributed by atoms with Gasteiger partial charge in [-0.2, -0.15) is 0 Å². The number of rotatable bonds is 10. The van der Waals surface area contributed by atoms with Crippen molar-refractivity contribution in [1.82, 2.24) is 9.80 Å². The molecule has 0 aliphatic carbocycles. The first-order valence-corrected chi connectivity index (χ1v) is 11.5. The summed E-state index contributed by atoms with van der Waals surface area (Å²) in [6.45, 7) is 7.67. The van der Waals surface area contributed by atoms with E-state index in [0.29, 0.717) is 24.5 Å². The van der Waals surface area contributed by atoms with E-state index in [0.717, 1.165) is 43.1 Å². The third-order valence-corrected chi connectivity index (χ3v) is 6.16. The molecular weight excluding hydrogens is 420 g/mol. The van der Waals surface area contributed by atoms with Crippen molar-refractivity contribution in [2.45, 2.75) is 39.0 Å². The Hall–Kier alpha value is -2.77. The van der Waals surface area contributed by atoms with Crippen LogP contribution >= 0.6 is 0 Å². The van der Waals surface area contributed by atoms with E-state index in [-0.39, 0.29) is 18.1 Å². The average Bonchev–Trinajstić information content (AvgIpc) is 2.86. The van der Waals surface area contributed by atoms with E-state index in [2.05, 4.69) is 18.7 Å². The lowest BCUT2D eigenvalue weighted by molar-refractivity contribution is -0.0465. The van der Waals surface area contributed by atoms with E-state index in [1.54, 1.807) is 21.3 Å². The van der Waals surface area contributed by atoms with Crippen molar-refractivity contribution in [2.75, 3.05) is 47.6 Å². The fourth-order valence-corrected chi connectivity index (χ4v) is 4.13. The third kappa shape index (κ3) is 6.39. The van der Waals surface area contributed by atoms with E-state index in [9.17, 15) is 4.79 Å². The first-order chi connectivity index (χ1) is 16.0. The second kappa shape index (κ2) is 11.9. The topological polar surface area (TPSA) is 60.5 Å². The number of carbonyl (C=O) groups is 1. The fraction of sp³-hybridized carbons (Fsp3) is 0.500. The van der Waals surface area contributed by atoms with Gasteiger partial charge in [-0.05, 0) is 43.2 Å². The summed E-state index contributed by atoms with van der Waals surface area (Å²) in [5, 5.41) is 0. The lowest BCUT2D eigenvalue weighted by Crippen LogP contribution is -2.50. The molecular formula is C26H36N2O5. The second-order valence-electron chi connectivity index (χ2n) is 8.36. The monoisotopic (exact) mass is 456 g/mol. The molecule has 1 saturated heterocycles. The molecule has 7 nitrogen and oxygen atoms in total. The molecule has 1 aliphatic heterocycles. The lowest BCUT2D eigenvalue weighted by atomic mass is 10.1. The van der Waals surface area contributed by atoms with Crippen LogP contribution in [0.4, 0.5) is 0 Å². The van der Waals surface area contributed by atoms with Crippen molar-refractivity contribution >= 4 is 5.91 Å². The molecule has 1 heterocycles. The molecule has 0 N–H and O–H groups in total. The zero-order chi connectivity index (χ0) is 23.8. The van der Waals surface area contributed by atoms with Crippen molar-refractivity contribution in [3.63, 3.8) is 0 Å². The second-order valence-corrected chi connectivity index (χ2v) is 8.36. The smallest absolute Gasteiger partial charge is 0.257 e. The minimum Gasteiger partial charge on any atom is -0.497 e. The van der Waals surface area contributed by atoms with Gasteiger partial charge in [0.1, 0.15) is 17.2 Å². The lowest BCUT2D eigenvalue weighted by Gasteiger charge is -2.38. The molecule has 0 bridgehead atoms. The summed E-state index contributed by atoms with van der Waals surface area (Å²) < 4.78 is 22.3. The van der Waals surface area contributed by atoms with Crippen LogP contribution in [0.25, 0.3) is 0 Å². The van der Waals surface area contributed by atoms with E-state index in [1.165, 1.54) is 0 Å². The summed E-state index contributed by atoms with van der Waals surface area (Å²) in [4.78, 5) is 17.7. The van der Waals surface area contributed by atoms with Gasteiger partial charge in [0.2, 0.25) is 0 Å². The minimum atomic E-state index is -0.0705. The predicted molar refractivity (Wildman–Crippen MR) is 128 cm³/mol. The molecule has 2 aromatic rings. The van der Waals surface area contributed by atoms with E-state index >= 15 is 0 Å². The molecule has 1 aliphatic rings. The number of methoxy groups -OCH3 is 3. The Labute approximate surface area is 197 Å². The Morgan fingerprint density at radius 1 is 1.12 bits per heavy atom. The Balaban J connectivity index is 1.72. The normalized spacial score (nSPS) is 17.3. The molecule has 2 aromatic carbocycles. The molecule has 0 aromatic heterocycles. The summed E-state index contributed by atoms with van der Waals surface area (Å²) in [6.07, 6.45) is 0.792. The van der Waals surface area contributed by atoms with Crippen LogP contribution in [0.15, 0.2) is 42.5 Å². The highest BCUT2D eigenvalue weighted by molar-refractivity contribution is 5.97. The quantitative estimate of drug-likeness (QED) is 0.541. The van der Waals surface area contributed by atoms with Crippen LogP contribution in [-0.2, 0) is 11.3 Å². The Bertz CT molecular complexity index is 897. The van der Waals surface area contributed by atoms with E-state index < -0.39 is 0 Å². The van der Waals surface area contributed by atoms with Crippen molar-refractivity contribution < 1.29 is 23.7 Å². The molecule has 0 saturated carbocycles. The summed E-state index contributed by atoms with van der Waals surface area (Å²) in [7, 11) is 4.91. The predicted octanol–water partition coefficient (Wildman–Crippen LogP) is 3.85. The maximum absolute atomic E-state index is 13.5. The summed E-state index contributed by atoms with van der Waals surface area (Å²) in [5.74, 6) is 2.12. The van der Waals surface area contributed by atoms with Gasteiger partial charge in [0.15, 0.2) is 0 Å². The number of morpholine rings is 1. The molecule has 2 unspecified atom stereocenters. The molecule has 7 heteroatoms. The molecule has 3 rings (SSSR count). The van der Waals surface area contributed by atoms with Gasteiger partial charge in [-0.15, -0.1) is 0 Å². The largest absolute Gasteiger partial charge is 0.497 e. The van der Waals surface area contributed by atoms with Crippen LogP contribution in [0, 0.1) is 0 Å². The number of ether oxygens (including phenoxy) is 4. The molecule has 1 amide bonds. The Kier molecular flexibility index (Phi) is 8.97.